The predicted octanol–water partition coefficient (Wildman–Crippen LogP) is 4.60. The lowest BCUT2D eigenvalue weighted by Gasteiger charge is -2.21. The summed E-state index contributed by atoms with van der Waals surface area (Å²) in [6.07, 6.45) is 0.398. The van der Waals surface area contributed by atoms with Gasteiger partial charge in [-0.15, -0.1) is 0 Å². The summed E-state index contributed by atoms with van der Waals surface area (Å²) >= 11 is 0. The minimum atomic E-state index is -0.764. The summed E-state index contributed by atoms with van der Waals surface area (Å²) in [4.78, 5) is 38.3. The fourth-order valence-corrected chi connectivity index (χ4v) is 4.21. The van der Waals surface area contributed by atoms with Crippen molar-refractivity contribution in [3.05, 3.63) is 87.8 Å². The van der Waals surface area contributed by atoms with Gasteiger partial charge in [0.25, 0.3) is 5.56 Å². The van der Waals surface area contributed by atoms with Gasteiger partial charge in [-0.05, 0) is 57.0 Å². The van der Waals surface area contributed by atoms with Gasteiger partial charge in [-0.2, -0.15) is 5.10 Å². The van der Waals surface area contributed by atoms with Crippen LogP contribution in [0.5, 0.6) is 0 Å². The van der Waals surface area contributed by atoms with Crippen molar-refractivity contribution in [2.75, 3.05) is 5.32 Å². The minimum absolute atomic E-state index is 0.0863. The van der Waals surface area contributed by atoms with E-state index in [1.54, 1.807) is 35.0 Å². The number of carbonyl (C=O) groups excluding carboxylic acids is 2. The SMILES string of the molecule is CCC(C(=O)Nc1cccc(C(C)=O)c1)n1c(=O)cc(C)c2c(C)nn(-c3ccccc3)c21. The summed E-state index contributed by atoms with van der Waals surface area (Å²) < 4.78 is 3.25. The van der Waals surface area contributed by atoms with Gasteiger partial charge in [0.2, 0.25) is 5.91 Å². The molecular weight excluding hydrogens is 416 g/mol. The predicted molar refractivity (Wildman–Crippen MR) is 129 cm³/mol. The zero-order valence-corrected chi connectivity index (χ0v) is 19.1. The minimum Gasteiger partial charge on any atom is -0.324 e. The number of anilines is 1. The summed E-state index contributed by atoms with van der Waals surface area (Å²) in [6, 6.07) is 17.1. The molecule has 0 saturated heterocycles. The fraction of sp³-hybridized carbons (Fsp3) is 0.231. The molecule has 2 heterocycles. The molecule has 0 saturated carbocycles. The third kappa shape index (κ3) is 4.09. The standard InChI is InChI=1S/C26H26N4O3/c1-5-22(25(33)27-20-11-9-10-19(15-20)18(4)31)29-23(32)14-16(2)24-17(3)28-30(26(24)29)21-12-7-6-8-13-21/h6-15,22H,5H2,1-4H3,(H,27,33). The molecule has 0 spiro atoms. The van der Waals surface area contributed by atoms with Crippen LogP contribution in [0.1, 0.15) is 47.9 Å². The Morgan fingerprint density at radius 3 is 2.42 bits per heavy atom. The van der Waals surface area contributed by atoms with Crippen molar-refractivity contribution in [2.45, 2.75) is 40.2 Å². The van der Waals surface area contributed by atoms with Gasteiger partial charge < -0.3 is 5.32 Å². The molecule has 168 valence electrons. The van der Waals surface area contributed by atoms with E-state index >= 15 is 0 Å². The smallest absolute Gasteiger partial charge is 0.253 e. The molecule has 4 rings (SSSR count). The Labute approximate surface area is 191 Å². The van der Waals surface area contributed by atoms with Crippen LogP contribution in [-0.2, 0) is 4.79 Å². The maximum absolute atomic E-state index is 13.4. The van der Waals surface area contributed by atoms with Crippen LogP contribution >= 0.6 is 0 Å². The fourth-order valence-electron chi connectivity index (χ4n) is 4.21. The Balaban J connectivity index is 1.87. The van der Waals surface area contributed by atoms with Gasteiger partial charge in [-0.25, -0.2) is 4.68 Å². The molecule has 0 aliphatic rings. The Morgan fingerprint density at radius 1 is 1.03 bits per heavy atom. The van der Waals surface area contributed by atoms with Crippen molar-refractivity contribution < 1.29 is 9.59 Å². The number of aryl methyl sites for hydroxylation is 2. The molecule has 0 radical (unpaired) electrons. The molecule has 4 aromatic rings. The first-order valence-electron chi connectivity index (χ1n) is 10.9. The second kappa shape index (κ2) is 8.86. The third-order valence-electron chi connectivity index (χ3n) is 5.77. The molecule has 0 aliphatic carbocycles. The number of nitrogens with zero attached hydrogens (tertiary/aromatic N) is 3. The maximum Gasteiger partial charge on any atom is 0.253 e. The molecule has 2 aromatic carbocycles. The highest BCUT2D eigenvalue weighted by molar-refractivity contribution is 5.98. The lowest BCUT2D eigenvalue weighted by Crippen LogP contribution is -2.34. The first-order chi connectivity index (χ1) is 15.8. The second-order valence-corrected chi connectivity index (χ2v) is 8.12. The number of Topliss-reactive ketones (excluding diaryl/α,β-unsaturated/α-hetero) is 1. The quantitative estimate of drug-likeness (QED) is 0.442. The van der Waals surface area contributed by atoms with E-state index in [2.05, 4.69) is 5.32 Å². The van der Waals surface area contributed by atoms with Gasteiger partial charge in [-0.3, -0.25) is 19.0 Å². The van der Waals surface area contributed by atoms with Crippen molar-refractivity contribution in [1.82, 2.24) is 14.3 Å². The van der Waals surface area contributed by atoms with Crippen LogP contribution in [0.15, 0.2) is 65.5 Å². The van der Waals surface area contributed by atoms with E-state index < -0.39 is 6.04 Å². The van der Waals surface area contributed by atoms with Crippen molar-refractivity contribution in [3.8, 4) is 5.69 Å². The van der Waals surface area contributed by atoms with Crippen LogP contribution in [0.3, 0.4) is 0 Å². The largest absolute Gasteiger partial charge is 0.324 e. The number of hydrogen-bond acceptors (Lipinski definition) is 4. The Bertz CT molecular complexity index is 1420. The number of ketones is 1. The molecule has 1 unspecified atom stereocenters. The molecule has 0 bridgehead atoms. The van der Waals surface area contributed by atoms with Crippen LogP contribution in [0.25, 0.3) is 16.7 Å². The number of aromatic nitrogens is 3. The molecule has 2 aromatic heterocycles. The highest BCUT2D eigenvalue weighted by atomic mass is 16.2. The number of carbonyl (C=O) groups is 2. The van der Waals surface area contributed by atoms with Crippen molar-refractivity contribution in [2.24, 2.45) is 0 Å². The number of benzene rings is 2. The summed E-state index contributed by atoms with van der Waals surface area (Å²) in [5.74, 6) is -0.416. The van der Waals surface area contributed by atoms with Crippen molar-refractivity contribution in [3.63, 3.8) is 0 Å². The summed E-state index contributed by atoms with van der Waals surface area (Å²) in [5.41, 5.74) is 3.74. The van der Waals surface area contributed by atoms with Gasteiger partial charge >= 0.3 is 0 Å². The van der Waals surface area contributed by atoms with Gasteiger partial charge in [0.1, 0.15) is 11.7 Å². The summed E-state index contributed by atoms with van der Waals surface area (Å²) in [5, 5.41) is 8.43. The van der Waals surface area contributed by atoms with Gasteiger partial charge in [0, 0.05) is 22.7 Å². The first-order valence-corrected chi connectivity index (χ1v) is 10.9. The lowest BCUT2D eigenvalue weighted by atomic mass is 10.1. The number of hydrogen-bond donors (Lipinski definition) is 1. The van der Waals surface area contributed by atoms with E-state index in [1.807, 2.05) is 51.1 Å². The van der Waals surface area contributed by atoms with E-state index in [4.69, 9.17) is 5.10 Å². The van der Waals surface area contributed by atoms with Crippen molar-refractivity contribution in [1.29, 1.82) is 0 Å². The van der Waals surface area contributed by atoms with E-state index in [9.17, 15) is 14.4 Å². The molecule has 33 heavy (non-hydrogen) atoms. The molecule has 1 amide bonds. The summed E-state index contributed by atoms with van der Waals surface area (Å²) in [6.45, 7) is 7.13. The highest BCUT2D eigenvalue weighted by Gasteiger charge is 2.26. The zero-order valence-electron chi connectivity index (χ0n) is 19.1. The molecule has 0 fully saturated rings. The summed E-state index contributed by atoms with van der Waals surface area (Å²) in [7, 11) is 0. The molecule has 1 N–H and O–H groups in total. The Hall–Kier alpha value is -4.00. The highest BCUT2D eigenvalue weighted by Crippen LogP contribution is 2.27. The Kier molecular flexibility index (Phi) is 5.96. The second-order valence-electron chi connectivity index (χ2n) is 8.12. The maximum atomic E-state index is 13.4. The normalized spacial score (nSPS) is 12.0. The van der Waals surface area contributed by atoms with E-state index in [0.717, 1.165) is 22.3 Å². The van der Waals surface area contributed by atoms with Gasteiger partial charge in [0.05, 0.1) is 11.4 Å². The monoisotopic (exact) mass is 442 g/mol. The third-order valence-corrected chi connectivity index (χ3v) is 5.77. The van der Waals surface area contributed by atoms with Crippen molar-refractivity contribution >= 4 is 28.4 Å². The van der Waals surface area contributed by atoms with Crippen LogP contribution in [0, 0.1) is 13.8 Å². The van der Waals surface area contributed by atoms with Crippen LogP contribution < -0.4 is 10.9 Å². The molecule has 0 aliphatic heterocycles. The lowest BCUT2D eigenvalue weighted by molar-refractivity contribution is -0.119. The number of fused-ring (bicyclic) bond motifs is 1. The average Bonchev–Trinajstić information content (AvgIpc) is 3.14. The number of nitrogens with one attached hydrogen (secondary N) is 1. The van der Waals surface area contributed by atoms with Gasteiger partial charge in [-0.1, -0.05) is 37.3 Å². The van der Waals surface area contributed by atoms with Crippen LogP contribution in [0.2, 0.25) is 0 Å². The number of rotatable bonds is 6. The Morgan fingerprint density at radius 2 is 1.76 bits per heavy atom. The topological polar surface area (TPSA) is 86.0 Å². The zero-order chi connectivity index (χ0) is 23.7. The number of pyridine rings is 1. The first kappa shape index (κ1) is 22.2. The molecular formula is C26H26N4O3. The van der Waals surface area contributed by atoms with Crippen LogP contribution in [0.4, 0.5) is 5.69 Å². The number of amides is 1. The number of para-hydroxylation sites is 1. The molecule has 7 nitrogen and oxygen atoms in total. The molecule has 7 heteroatoms. The van der Waals surface area contributed by atoms with E-state index in [1.165, 1.54) is 11.5 Å². The van der Waals surface area contributed by atoms with E-state index in [-0.39, 0.29) is 17.2 Å². The molecule has 1 atom stereocenters. The average molecular weight is 443 g/mol. The van der Waals surface area contributed by atoms with E-state index in [0.29, 0.717) is 23.3 Å². The van der Waals surface area contributed by atoms with Crippen LogP contribution in [-0.4, -0.2) is 26.0 Å². The van der Waals surface area contributed by atoms with Gasteiger partial charge in [0.15, 0.2) is 5.78 Å².